The van der Waals surface area contributed by atoms with Crippen LogP contribution in [0.3, 0.4) is 0 Å². The van der Waals surface area contributed by atoms with E-state index < -0.39 is 0 Å². The first-order valence-electron chi connectivity index (χ1n) is 3.48. The van der Waals surface area contributed by atoms with Crippen molar-refractivity contribution in [1.29, 1.82) is 0 Å². The van der Waals surface area contributed by atoms with E-state index in [1.807, 2.05) is 12.4 Å². The molecule has 0 spiro atoms. The summed E-state index contributed by atoms with van der Waals surface area (Å²) in [6, 6.07) is 0. The number of aliphatic imine (C=N–C) groups is 1. The molecule has 0 rings (SSSR count). The number of nitrogens with zero attached hydrogens (tertiary/aromatic N) is 1. The zero-order valence-electron chi connectivity index (χ0n) is 6.52. The molecule has 0 radical (unpaired) electrons. The van der Waals surface area contributed by atoms with Gasteiger partial charge in [0.15, 0.2) is 0 Å². The monoisotopic (exact) mass is 125 g/mol. The minimum Gasteiger partial charge on any atom is -0.269 e. The van der Waals surface area contributed by atoms with Gasteiger partial charge in [-0.3, -0.25) is 4.99 Å². The van der Waals surface area contributed by atoms with Crippen molar-refractivity contribution < 1.29 is 0 Å². The lowest BCUT2D eigenvalue weighted by Gasteiger charge is -1.87. The molecule has 0 unspecified atom stereocenters. The van der Waals surface area contributed by atoms with Crippen LogP contribution in [0.5, 0.6) is 0 Å². The molecular weight excluding hydrogens is 110 g/mol. The summed E-state index contributed by atoms with van der Waals surface area (Å²) in [5.41, 5.74) is 1.33. The third-order valence-electron chi connectivity index (χ3n) is 1.14. The molecule has 0 aliphatic rings. The van der Waals surface area contributed by atoms with Gasteiger partial charge < -0.3 is 0 Å². The molecule has 0 heterocycles. The average molecular weight is 125 g/mol. The normalized spacial score (nSPS) is 13.0. The lowest BCUT2D eigenvalue weighted by molar-refractivity contribution is 1.09. The largest absolute Gasteiger partial charge is 0.269 e. The molecule has 0 saturated carbocycles. The van der Waals surface area contributed by atoms with Gasteiger partial charge in [0, 0.05) is 12.4 Å². The highest BCUT2D eigenvalue weighted by atomic mass is 14.7. The van der Waals surface area contributed by atoms with E-state index in [0.29, 0.717) is 0 Å². The van der Waals surface area contributed by atoms with E-state index in [2.05, 4.69) is 25.8 Å². The summed E-state index contributed by atoms with van der Waals surface area (Å²) in [6.07, 6.45) is 5.96. The SMILES string of the molecule is CCC=N/C=C(/C)CC. The minimum atomic E-state index is 1.02. The van der Waals surface area contributed by atoms with Gasteiger partial charge in [0.05, 0.1) is 0 Å². The first kappa shape index (κ1) is 8.41. The van der Waals surface area contributed by atoms with E-state index >= 15 is 0 Å². The molecule has 0 aliphatic heterocycles. The van der Waals surface area contributed by atoms with Crippen LogP contribution in [0.4, 0.5) is 0 Å². The van der Waals surface area contributed by atoms with Crippen molar-refractivity contribution in [1.82, 2.24) is 0 Å². The molecule has 9 heavy (non-hydrogen) atoms. The lowest BCUT2D eigenvalue weighted by Crippen LogP contribution is -1.69. The molecule has 0 aromatic carbocycles. The first-order chi connectivity index (χ1) is 4.31. The maximum atomic E-state index is 4.07. The standard InChI is InChI=1S/C8H15N/c1-4-6-9-7-8(3)5-2/h6-7H,4-5H2,1-3H3/b8-7-,9-6?. The third kappa shape index (κ3) is 5.28. The predicted molar refractivity (Wildman–Crippen MR) is 42.8 cm³/mol. The summed E-state index contributed by atoms with van der Waals surface area (Å²) in [4.78, 5) is 4.07. The average Bonchev–Trinajstić information content (AvgIpc) is 1.89. The molecule has 1 nitrogen and oxygen atoms in total. The fourth-order valence-corrected chi connectivity index (χ4v) is 0.377. The van der Waals surface area contributed by atoms with E-state index in [1.165, 1.54) is 5.57 Å². The van der Waals surface area contributed by atoms with Crippen LogP contribution in [0.2, 0.25) is 0 Å². The van der Waals surface area contributed by atoms with Crippen LogP contribution in [-0.4, -0.2) is 6.21 Å². The van der Waals surface area contributed by atoms with Crippen molar-refractivity contribution in [3.63, 3.8) is 0 Å². The Bertz CT molecular complexity index is 112. The Kier molecular flexibility index (Phi) is 5.18. The van der Waals surface area contributed by atoms with Crippen LogP contribution in [0.15, 0.2) is 16.8 Å². The number of hydrogen-bond acceptors (Lipinski definition) is 1. The smallest absolute Gasteiger partial charge is 0.0252 e. The summed E-state index contributed by atoms with van der Waals surface area (Å²) in [6.45, 7) is 6.30. The zero-order chi connectivity index (χ0) is 7.11. The molecule has 1 heteroatoms. The van der Waals surface area contributed by atoms with Gasteiger partial charge >= 0.3 is 0 Å². The molecular formula is C8H15N. The van der Waals surface area contributed by atoms with Gasteiger partial charge in [-0.2, -0.15) is 0 Å². The molecule has 0 atom stereocenters. The van der Waals surface area contributed by atoms with Gasteiger partial charge in [-0.15, -0.1) is 0 Å². The number of hydrogen-bond donors (Lipinski definition) is 0. The van der Waals surface area contributed by atoms with Crippen molar-refractivity contribution in [3.05, 3.63) is 11.8 Å². The van der Waals surface area contributed by atoms with E-state index in [0.717, 1.165) is 12.8 Å². The third-order valence-corrected chi connectivity index (χ3v) is 1.14. The van der Waals surface area contributed by atoms with Crippen LogP contribution < -0.4 is 0 Å². The van der Waals surface area contributed by atoms with Crippen LogP contribution in [-0.2, 0) is 0 Å². The zero-order valence-corrected chi connectivity index (χ0v) is 6.52. The molecule has 0 N–H and O–H groups in total. The fourth-order valence-electron chi connectivity index (χ4n) is 0.377. The van der Waals surface area contributed by atoms with Crippen LogP contribution in [0, 0.1) is 0 Å². The molecule has 0 fully saturated rings. The Hall–Kier alpha value is -0.590. The fraction of sp³-hybridized carbons (Fsp3) is 0.625. The Balaban J connectivity index is 3.55. The summed E-state index contributed by atoms with van der Waals surface area (Å²) in [7, 11) is 0. The Morgan fingerprint density at radius 3 is 2.56 bits per heavy atom. The molecule has 0 aromatic heterocycles. The van der Waals surface area contributed by atoms with E-state index in [4.69, 9.17) is 0 Å². The second-order valence-corrected chi connectivity index (χ2v) is 2.07. The Morgan fingerprint density at radius 1 is 1.44 bits per heavy atom. The summed E-state index contributed by atoms with van der Waals surface area (Å²) in [5, 5.41) is 0. The summed E-state index contributed by atoms with van der Waals surface area (Å²) in [5.74, 6) is 0. The lowest BCUT2D eigenvalue weighted by atomic mass is 10.3. The van der Waals surface area contributed by atoms with Crippen LogP contribution >= 0.6 is 0 Å². The molecule has 0 aromatic rings. The van der Waals surface area contributed by atoms with E-state index in [-0.39, 0.29) is 0 Å². The maximum absolute atomic E-state index is 4.07. The molecule has 0 aliphatic carbocycles. The minimum absolute atomic E-state index is 1.02. The highest BCUT2D eigenvalue weighted by molar-refractivity contribution is 5.57. The number of rotatable bonds is 3. The quantitative estimate of drug-likeness (QED) is 0.514. The van der Waals surface area contributed by atoms with Gasteiger partial charge in [0.2, 0.25) is 0 Å². The van der Waals surface area contributed by atoms with Crippen LogP contribution in [0.25, 0.3) is 0 Å². The summed E-state index contributed by atoms with van der Waals surface area (Å²) < 4.78 is 0. The van der Waals surface area contributed by atoms with Gasteiger partial charge in [-0.1, -0.05) is 19.4 Å². The molecule has 52 valence electrons. The molecule has 0 bridgehead atoms. The topological polar surface area (TPSA) is 12.4 Å². The van der Waals surface area contributed by atoms with Crippen LogP contribution in [0.1, 0.15) is 33.6 Å². The van der Waals surface area contributed by atoms with Gasteiger partial charge in [-0.25, -0.2) is 0 Å². The van der Waals surface area contributed by atoms with Crippen molar-refractivity contribution in [3.8, 4) is 0 Å². The highest BCUT2D eigenvalue weighted by Gasteiger charge is 1.77. The number of allylic oxidation sites excluding steroid dienone is 1. The molecule has 0 saturated heterocycles. The molecule has 0 amide bonds. The second-order valence-electron chi connectivity index (χ2n) is 2.07. The van der Waals surface area contributed by atoms with Gasteiger partial charge in [-0.05, 0) is 19.8 Å². The maximum Gasteiger partial charge on any atom is 0.0252 e. The van der Waals surface area contributed by atoms with E-state index in [9.17, 15) is 0 Å². The van der Waals surface area contributed by atoms with Crippen molar-refractivity contribution >= 4 is 6.21 Å². The van der Waals surface area contributed by atoms with Crippen molar-refractivity contribution in [2.45, 2.75) is 33.6 Å². The Morgan fingerprint density at radius 2 is 2.11 bits per heavy atom. The van der Waals surface area contributed by atoms with Crippen molar-refractivity contribution in [2.75, 3.05) is 0 Å². The Labute approximate surface area is 57.5 Å². The van der Waals surface area contributed by atoms with E-state index in [1.54, 1.807) is 0 Å². The first-order valence-corrected chi connectivity index (χ1v) is 3.48. The summed E-state index contributed by atoms with van der Waals surface area (Å²) >= 11 is 0. The highest BCUT2D eigenvalue weighted by Crippen LogP contribution is 1.96. The van der Waals surface area contributed by atoms with Gasteiger partial charge in [0.25, 0.3) is 0 Å². The van der Waals surface area contributed by atoms with Crippen molar-refractivity contribution in [2.24, 2.45) is 4.99 Å². The predicted octanol–water partition coefficient (Wildman–Crippen LogP) is 2.78. The van der Waals surface area contributed by atoms with Gasteiger partial charge in [0.1, 0.15) is 0 Å². The second kappa shape index (κ2) is 5.54.